The normalized spacial score (nSPS) is 20.5. The van der Waals surface area contributed by atoms with Crippen LogP contribution in [-0.2, 0) is 0 Å². The van der Waals surface area contributed by atoms with Crippen LogP contribution in [0.5, 0.6) is 11.5 Å². The van der Waals surface area contributed by atoms with Gasteiger partial charge in [0.1, 0.15) is 6.61 Å². The molecule has 3 aromatic carbocycles. The highest BCUT2D eigenvalue weighted by atomic mass is 79.9. The van der Waals surface area contributed by atoms with Crippen LogP contribution in [-0.4, -0.2) is 19.9 Å². The standard InChI is InChI=1S/C29H27BrN2O2/c1-3-15-34-29-25(30)16-19(17-27(29)33-2)18-31-21-13-11-20(12-14-21)28-24-9-6-8-22(24)23-7-4-5-10-26(23)32-28/h3-8,10-14,16-18,22,24,28,32H,1,9,15H2,2H3/t22-,24+,28+/m1/s1. The molecule has 1 N–H and O–H groups in total. The third-order valence-corrected chi connectivity index (χ3v) is 7.07. The van der Waals surface area contributed by atoms with Crippen LogP contribution < -0.4 is 14.8 Å². The third-order valence-electron chi connectivity index (χ3n) is 6.48. The van der Waals surface area contributed by atoms with E-state index in [2.05, 4.69) is 93.5 Å². The minimum atomic E-state index is 0.288. The predicted octanol–water partition coefficient (Wildman–Crippen LogP) is 7.60. The molecule has 0 amide bonds. The van der Waals surface area contributed by atoms with Crippen molar-refractivity contribution in [3.63, 3.8) is 0 Å². The predicted molar refractivity (Wildman–Crippen MR) is 143 cm³/mol. The van der Waals surface area contributed by atoms with E-state index in [-0.39, 0.29) is 6.04 Å². The van der Waals surface area contributed by atoms with E-state index < -0.39 is 0 Å². The molecule has 2 aliphatic rings. The number of para-hydroxylation sites is 1. The van der Waals surface area contributed by atoms with E-state index in [1.54, 1.807) is 13.2 Å². The lowest BCUT2D eigenvalue weighted by molar-refractivity contribution is 0.324. The molecule has 0 fully saturated rings. The van der Waals surface area contributed by atoms with Gasteiger partial charge in [0, 0.05) is 17.8 Å². The maximum atomic E-state index is 5.70. The molecular weight excluding hydrogens is 488 g/mol. The van der Waals surface area contributed by atoms with Crippen LogP contribution in [0.2, 0.25) is 0 Å². The molecule has 0 unspecified atom stereocenters. The number of allylic oxidation sites excluding steroid dienone is 2. The van der Waals surface area contributed by atoms with Gasteiger partial charge in [-0.05, 0) is 75.3 Å². The molecule has 1 heterocycles. The van der Waals surface area contributed by atoms with E-state index in [9.17, 15) is 0 Å². The maximum absolute atomic E-state index is 5.70. The van der Waals surface area contributed by atoms with Crippen molar-refractivity contribution in [3.8, 4) is 11.5 Å². The number of hydrogen-bond acceptors (Lipinski definition) is 4. The Morgan fingerprint density at radius 3 is 2.76 bits per heavy atom. The second-order valence-electron chi connectivity index (χ2n) is 8.55. The lowest BCUT2D eigenvalue weighted by Crippen LogP contribution is -2.28. The summed E-state index contributed by atoms with van der Waals surface area (Å²) < 4.78 is 12.0. The number of methoxy groups -OCH3 is 1. The van der Waals surface area contributed by atoms with Crippen LogP contribution in [0.25, 0.3) is 0 Å². The number of nitrogens with zero attached hydrogens (tertiary/aromatic N) is 1. The van der Waals surface area contributed by atoms with Crippen LogP contribution in [0.1, 0.15) is 35.1 Å². The fourth-order valence-corrected chi connectivity index (χ4v) is 5.46. The zero-order valence-electron chi connectivity index (χ0n) is 19.1. The Balaban J connectivity index is 1.34. The molecule has 1 aliphatic carbocycles. The highest BCUT2D eigenvalue weighted by molar-refractivity contribution is 9.10. The summed E-state index contributed by atoms with van der Waals surface area (Å²) in [6.07, 6.45) is 9.34. The molecule has 0 saturated heterocycles. The Morgan fingerprint density at radius 2 is 1.97 bits per heavy atom. The maximum Gasteiger partial charge on any atom is 0.175 e. The summed E-state index contributed by atoms with van der Waals surface area (Å²) in [5, 5.41) is 3.79. The van der Waals surface area contributed by atoms with Gasteiger partial charge in [-0.15, -0.1) is 0 Å². The van der Waals surface area contributed by atoms with Gasteiger partial charge in [0.2, 0.25) is 0 Å². The van der Waals surface area contributed by atoms with Crippen molar-refractivity contribution in [2.24, 2.45) is 10.9 Å². The van der Waals surface area contributed by atoms with Gasteiger partial charge in [0.25, 0.3) is 0 Å². The Bertz CT molecular complexity index is 1250. The van der Waals surface area contributed by atoms with E-state index in [0.29, 0.717) is 29.9 Å². The van der Waals surface area contributed by atoms with Gasteiger partial charge < -0.3 is 14.8 Å². The van der Waals surface area contributed by atoms with Gasteiger partial charge in [-0.2, -0.15) is 0 Å². The summed E-state index contributed by atoms with van der Waals surface area (Å²) in [5.41, 5.74) is 5.76. The molecule has 0 spiro atoms. The molecular formula is C29H27BrN2O2. The molecule has 5 heteroatoms. The fourth-order valence-electron chi connectivity index (χ4n) is 4.89. The highest BCUT2D eigenvalue weighted by Crippen LogP contribution is 2.49. The topological polar surface area (TPSA) is 42.8 Å². The highest BCUT2D eigenvalue weighted by Gasteiger charge is 2.37. The Hall–Kier alpha value is -3.31. The van der Waals surface area contributed by atoms with Crippen LogP contribution in [0.4, 0.5) is 11.4 Å². The van der Waals surface area contributed by atoms with Gasteiger partial charge in [-0.1, -0.05) is 55.1 Å². The molecule has 5 rings (SSSR count). The molecule has 3 aromatic rings. The van der Waals surface area contributed by atoms with Crippen molar-refractivity contribution in [2.45, 2.75) is 18.4 Å². The van der Waals surface area contributed by atoms with Crippen molar-refractivity contribution in [2.75, 3.05) is 19.0 Å². The lowest BCUT2D eigenvalue weighted by Gasteiger charge is -2.37. The first-order valence-electron chi connectivity index (χ1n) is 11.5. The number of halogens is 1. The smallest absolute Gasteiger partial charge is 0.175 e. The molecule has 1 aliphatic heterocycles. The third kappa shape index (κ3) is 4.40. The molecule has 0 radical (unpaired) electrons. The number of rotatable bonds is 7. The summed E-state index contributed by atoms with van der Waals surface area (Å²) >= 11 is 3.57. The van der Waals surface area contributed by atoms with Crippen LogP contribution in [0, 0.1) is 5.92 Å². The number of aliphatic imine (C=N–C) groups is 1. The first-order valence-corrected chi connectivity index (χ1v) is 12.2. The zero-order chi connectivity index (χ0) is 23.5. The number of benzene rings is 3. The Kier molecular flexibility index (Phi) is 6.54. The van der Waals surface area contributed by atoms with E-state index >= 15 is 0 Å². The van der Waals surface area contributed by atoms with Crippen molar-refractivity contribution < 1.29 is 9.47 Å². The summed E-state index contributed by atoms with van der Waals surface area (Å²) in [6, 6.07) is 21.4. The van der Waals surface area contributed by atoms with E-state index in [4.69, 9.17) is 9.47 Å². The fraction of sp³-hybridized carbons (Fsp3) is 0.207. The van der Waals surface area contributed by atoms with E-state index in [0.717, 1.165) is 22.1 Å². The van der Waals surface area contributed by atoms with E-state index in [1.807, 2.05) is 18.3 Å². The molecule has 34 heavy (non-hydrogen) atoms. The average molecular weight is 515 g/mol. The van der Waals surface area contributed by atoms with Crippen molar-refractivity contribution >= 4 is 33.5 Å². The molecule has 172 valence electrons. The lowest BCUT2D eigenvalue weighted by atomic mass is 9.77. The monoisotopic (exact) mass is 514 g/mol. The minimum absolute atomic E-state index is 0.288. The SMILES string of the molecule is C=CCOc1c(Br)cc(C=Nc2ccc([C@@H]3Nc4ccccc4[C@H]4C=CC[C@@H]43)cc2)cc1OC. The largest absolute Gasteiger partial charge is 0.493 e. The first-order chi connectivity index (χ1) is 16.7. The number of anilines is 1. The second kappa shape index (κ2) is 9.90. The van der Waals surface area contributed by atoms with Crippen LogP contribution >= 0.6 is 15.9 Å². The zero-order valence-corrected chi connectivity index (χ0v) is 20.7. The molecule has 0 aromatic heterocycles. The van der Waals surface area contributed by atoms with Gasteiger partial charge in [0.15, 0.2) is 11.5 Å². The molecule has 3 atom stereocenters. The van der Waals surface area contributed by atoms with Crippen molar-refractivity contribution in [3.05, 3.63) is 107 Å². The first kappa shape index (κ1) is 22.5. The Morgan fingerprint density at radius 1 is 1.15 bits per heavy atom. The Labute approximate surface area is 209 Å². The number of fused-ring (bicyclic) bond motifs is 3. The van der Waals surface area contributed by atoms with Crippen molar-refractivity contribution in [1.29, 1.82) is 0 Å². The number of nitrogens with one attached hydrogen (secondary N) is 1. The summed E-state index contributed by atoms with van der Waals surface area (Å²) in [4.78, 5) is 4.68. The van der Waals surface area contributed by atoms with Crippen molar-refractivity contribution in [1.82, 2.24) is 0 Å². The van der Waals surface area contributed by atoms with Gasteiger partial charge >= 0.3 is 0 Å². The molecule has 0 saturated carbocycles. The average Bonchev–Trinajstić information content (AvgIpc) is 3.37. The van der Waals surface area contributed by atoms with Crippen LogP contribution in [0.3, 0.4) is 0 Å². The second-order valence-corrected chi connectivity index (χ2v) is 9.40. The number of hydrogen-bond donors (Lipinski definition) is 1. The van der Waals surface area contributed by atoms with Crippen LogP contribution in [0.15, 0.2) is 94.9 Å². The number of ether oxygens (including phenoxy) is 2. The summed E-state index contributed by atoms with van der Waals surface area (Å²) in [7, 11) is 1.63. The minimum Gasteiger partial charge on any atom is -0.493 e. The quantitative estimate of drug-likeness (QED) is 0.260. The summed E-state index contributed by atoms with van der Waals surface area (Å²) in [6.45, 7) is 4.10. The van der Waals surface area contributed by atoms with Gasteiger partial charge in [-0.25, -0.2) is 0 Å². The molecule has 0 bridgehead atoms. The summed E-state index contributed by atoms with van der Waals surface area (Å²) in [5.74, 6) is 2.32. The van der Waals surface area contributed by atoms with Gasteiger partial charge in [-0.3, -0.25) is 4.99 Å². The molecule has 4 nitrogen and oxygen atoms in total. The van der Waals surface area contributed by atoms with Gasteiger partial charge in [0.05, 0.1) is 23.3 Å². The van der Waals surface area contributed by atoms with E-state index in [1.165, 1.54) is 16.8 Å².